The van der Waals surface area contributed by atoms with Crippen LogP contribution in [0, 0.1) is 5.92 Å². The minimum absolute atomic E-state index is 0.267. The van der Waals surface area contributed by atoms with E-state index in [4.69, 9.17) is 0 Å². The van der Waals surface area contributed by atoms with Crippen LogP contribution >= 0.6 is 0 Å². The van der Waals surface area contributed by atoms with Crippen LogP contribution in [0.4, 0.5) is 10.5 Å². The third kappa shape index (κ3) is 3.98. The molecule has 0 saturated carbocycles. The summed E-state index contributed by atoms with van der Waals surface area (Å²) in [6.45, 7) is 5.58. The molecule has 22 heavy (non-hydrogen) atoms. The maximum atomic E-state index is 12.6. The Balaban J connectivity index is 2.10. The second-order valence-corrected chi connectivity index (χ2v) is 7.56. The molecule has 0 aromatic heterocycles. The van der Waals surface area contributed by atoms with E-state index < -0.39 is 10.0 Å². The van der Waals surface area contributed by atoms with Crippen molar-refractivity contribution in [3.8, 4) is 0 Å². The lowest BCUT2D eigenvalue weighted by Crippen LogP contribution is -2.39. The van der Waals surface area contributed by atoms with Crippen molar-refractivity contribution in [1.82, 2.24) is 9.62 Å². The van der Waals surface area contributed by atoms with Crippen molar-refractivity contribution < 1.29 is 13.2 Å². The number of sulfonamides is 1. The fraction of sp³-hybridized carbons (Fsp3) is 0.533. The molecule has 0 radical (unpaired) electrons. The Bertz CT molecular complexity index is 613. The molecule has 1 aromatic rings. The summed E-state index contributed by atoms with van der Waals surface area (Å²) in [5.74, 6) is 0.391. The molecule has 1 saturated heterocycles. The molecule has 0 bridgehead atoms. The van der Waals surface area contributed by atoms with Crippen LogP contribution in [0.2, 0.25) is 0 Å². The van der Waals surface area contributed by atoms with Gasteiger partial charge in [-0.3, -0.25) is 0 Å². The molecule has 1 heterocycles. The molecule has 2 amide bonds. The monoisotopic (exact) mass is 325 g/mol. The van der Waals surface area contributed by atoms with Gasteiger partial charge in [0.15, 0.2) is 0 Å². The van der Waals surface area contributed by atoms with Gasteiger partial charge in [0.2, 0.25) is 10.0 Å². The SMILES string of the molecule is CCNC(=O)Nc1ccc(S(=O)(=O)N2CCC[C@@H](C)C2)cc1. The molecule has 2 N–H and O–H groups in total. The molecule has 1 aliphatic heterocycles. The summed E-state index contributed by atoms with van der Waals surface area (Å²) >= 11 is 0. The number of nitrogens with one attached hydrogen (secondary N) is 2. The van der Waals surface area contributed by atoms with Crippen LogP contribution in [0.1, 0.15) is 26.7 Å². The van der Waals surface area contributed by atoms with Gasteiger partial charge >= 0.3 is 6.03 Å². The van der Waals surface area contributed by atoms with Crippen LogP contribution in [0.15, 0.2) is 29.2 Å². The van der Waals surface area contributed by atoms with Crippen molar-refractivity contribution in [1.29, 1.82) is 0 Å². The lowest BCUT2D eigenvalue weighted by Gasteiger charge is -2.30. The molecule has 7 heteroatoms. The van der Waals surface area contributed by atoms with Crippen molar-refractivity contribution in [3.63, 3.8) is 0 Å². The third-order valence-electron chi connectivity index (χ3n) is 3.71. The number of nitrogens with zero attached hydrogens (tertiary/aromatic N) is 1. The van der Waals surface area contributed by atoms with E-state index in [1.165, 1.54) is 12.1 Å². The second kappa shape index (κ2) is 7.11. The predicted molar refractivity (Wildman–Crippen MR) is 86.3 cm³/mol. The number of anilines is 1. The number of urea groups is 1. The Morgan fingerprint density at radius 3 is 2.59 bits per heavy atom. The Morgan fingerprint density at radius 2 is 2.00 bits per heavy atom. The first-order valence-corrected chi connectivity index (χ1v) is 9.02. The smallest absolute Gasteiger partial charge is 0.319 e. The molecule has 2 rings (SSSR count). The molecule has 0 aliphatic carbocycles. The highest BCUT2D eigenvalue weighted by atomic mass is 32.2. The highest BCUT2D eigenvalue weighted by Gasteiger charge is 2.28. The van der Waals surface area contributed by atoms with E-state index in [2.05, 4.69) is 17.6 Å². The zero-order chi connectivity index (χ0) is 16.2. The molecule has 0 unspecified atom stereocenters. The standard InChI is InChI=1S/C15H23N3O3S/c1-3-16-15(19)17-13-6-8-14(9-7-13)22(20,21)18-10-4-5-12(2)11-18/h6-9,12H,3-5,10-11H2,1-2H3,(H2,16,17,19)/t12-/m1/s1. The van der Waals surface area contributed by atoms with Gasteiger partial charge in [-0.15, -0.1) is 0 Å². The molecular formula is C15H23N3O3S. The molecule has 1 atom stereocenters. The summed E-state index contributed by atoms with van der Waals surface area (Å²) in [5, 5.41) is 5.27. The first kappa shape index (κ1) is 16.8. The summed E-state index contributed by atoms with van der Waals surface area (Å²) < 4.78 is 26.7. The van der Waals surface area contributed by atoms with Crippen molar-refractivity contribution in [2.24, 2.45) is 5.92 Å². The summed E-state index contributed by atoms with van der Waals surface area (Å²) in [4.78, 5) is 11.7. The van der Waals surface area contributed by atoms with Crippen molar-refractivity contribution in [2.75, 3.05) is 25.0 Å². The van der Waals surface area contributed by atoms with E-state index in [0.717, 1.165) is 12.8 Å². The maximum Gasteiger partial charge on any atom is 0.319 e. The predicted octanol–water partition coefficient (Wildman–Crippen LogP) is 2.25. The Labute approximate surface area is 131 Å². The lowest BCUT2D eigenvalue weighted by atomic mass is 10.0. The molecule has 122 valence electrons. The van der Waals surface area contributed by atoms with Crippen LogP contribution < -0.4 is 10.6 Å². The number of rotatable bonds is 4. The summed E-state index contributed by atoms with van der Waals surface area (Å²) in [5.41, 5.74) is 0.567. The van der Waals surface area contributed by atoms with Crippen LogP contribution in [-0.4, -0.2) is 38.4 Å². The minimum Gasteiger partial charge on any atom is -0.338 e. The Kier molecular flexibility index (Phi) is 5.42. The highest BCUT2D eigenvalue weighted by molar-refractivity contribution is 7.89. The van der Waals surface area contributed by atoms with Crippen molar-refractivity contribution in [2.45, 2.75) is 31.6 Å². The average Bonchev–Trinajstić information content (AvgIpc) is 2.48. The maximum absolute atomic E-state index is 12.6. The van der Waals surface area contributed by atoms with Gasteiger partial charge in [-0.05, 0) is 49.9 Å². The van der Waals surface area contributed by atoms with Crippen LogP contribution in [0.25, 0.3) is 0 Å². The molecule has 1 fully saturated rings. The van der Waals surface area contributed by atoms with Crippen molar-refractivity contribution >= 4 is 21.7 Å². The minimum atomic E-state index is -3.45. The molecule has 0 spiro atoms. The average molecular weight is 325 g/mol. The number of benzene rings is 1. The fourth-order valence-corrected chi connectivity index (χ4v) is 4.16. The summed E-state index contributed by atoms with van der Waals surface area (Å²) in [7, 11) is -3.45. The van der Waals surface area contributed by atoms with E-state index in [1.54, 1.807) is 16.4 Å². The first-order chi connectivity index (χ1) is 10.4. The molecule has 6 nitrogen and oxygen atoms in total. The van der Waals surface area contributed by atoms with Gasteiger partial charge in [0.1, 0.15) is 0 Å². The second-order valence-electron chi connectivity index (χ2n) is 5.62. The lowest BCUT2D eigenvalue weighted by molar-refractivity contribution is 0.252. The molecular weight excluding hydrogens is 302 g/mol. The normalized spacial score (nSPS) is 19.6. The van der Waals surface area contributed by atoms with Crippen LogP contribution in [0.3, 0.4) is 0 Å². The number of piperidine rings is 1. The van der Waals surface area contributed by atoms with E-state index in [0.29, 0.717) is 31.2 Å². The van der Waals surface area contributed by atoms with E-state index in [-0.39, 0.29) is 10.9 Å². The van der Waals surface area contributed by atoms with E-state index in [9.17, 15) is 13.2 Å². The van der Waals surface area contributed by atoms with Gasteiger partial charge in [-0.1, -0.05) is 6.92 Å². The van der Waals surface area contributed by atoms with Gasteiger partial charge in [-0.25, -0.2) is 13.2 Å². The quantitative estimate of drug-likeness (QED) is 0.891. The highest BCUT2D eigenvalue weighted by Crippen LogP contribution is 2.24. The zero-order valence-electron chi connectivity index (χ0n) is 13.0. The van der Waals surface area contributed by atoms with Gasteiger partial charge in [0.05, 0.1) is 4.90 Å². The van der Waals surface area contributed by atoms with Crippen molar-refractivity contribution in [3.05, 3.63) is 24.3 Å². The van der Waals surface area contributed by atoms with Gasteiger partial charge in [0.25, 0.3) is 0 Å². The van der Waals surface area contributed by atoms with Gasteiger partial charge < -0.3 is 10.6 Å². The largest absolute Gasteiger partial charge is 0.338 e. The number of hydrogen-bond donors (Lipinski definition) is 2. The van der Waals surface area contributed by atoms with E-state index >= 15 is 0 Å². The van der Waals surface area contributed by atoms with Crippen LogP contribution in [0.5, 0.6) is 0 Å². The van der Waals surface area contributed by atoms with Gasteiger partial charge in [-0.2, -0.15) is 4.31 Å². The summed E-state index contributed by atoms with van der Waals surface area (Å²) in [6.07, 6.45) is 1.97. The number of amides is 2. The van der Waals surface area contributed by atoms with Gasteiger partial charge in [0, 0.05) is 25.3 Å². The fourth-order valence-electron chi connectivity index (χ4n) is 2.56. The number of carbonyl (C=O) groups excluding carboxylic acids is 1. The number of carbonyl (C=O) groups is 1. The molecule has 1 aromatic carbocycles. The Hall–Kier alpha value is -1.60. The zero-order valence-corrected chi connectivity index (χ0v) is 13.8. The summed E-state index contributed by atoms with van der Waals surface area (Å²) in [6, 6.07) is 5.99. The van der Waals surface area contributed by atoms with E-state index in [1.807, 2.05) is 6.92 Å². The molecule has 1 aliphatic rings. The van der Waals surface area contributed by atoms with Crippen LogP contribution in [-0.2, 0) is 10.0 Å². The Morgan fingerprint density at radius 1 is 1.32 bits per heavy atom. The third-order valence-corrected chi connectivity index (χ3v) is 5.59. The first-order valence-electron chi connectivity index (χ1n) is 7.58. The number of hydrogen-bond acceptors (Lipinski definition) is 3. The topological polar surface area (TPSA) is 78.5 Å².